The van der Waals surface area contributed by atoms with Crippen molar-refractivity contribution in [1.82, 2.24) is 56.0 Å². The highest BCUT2D eigenvalue weighted by molar-refractivity contribution is 7.87. The number of aliphatic hydroxyl groups excluding tert-OH is 1. The summed E-state index contributed by atoms with van der Waals surface area (Å²) in [5.41, 5.74) is 2.00. The molecule has 0 unspecified atom stereocenters. The molecule has 312 valence electrons. The van der Waals surface area contributed by atoms with Crippen molar-refractivity contribution in [2.75, 3.05) is 162 Å². The number of hydrogen-bond acceptors (Lipinski definition) is 5. The van der Waals surface area contributed by atoms with Crippen LogP contribution in [0.25, 0.3) is 0 Å². The Hall–Kier alpha value is 0.0500. The summed E-state index contributed by atoms with van der Waals surface area (Å²) in [4.78, 5) is 0. The zero-order valence-electron chi connectivity index (χ0n) is 37.6. The van der Waals surface area contributed by atoms with Crippen LogP contribution < -0.4 is 0 Å². The fourth-order valence-corrected chi connectivity index (χ4v) is 31.3. The highest BCUT2D eigenvalue weighted by Crippen LogP contribution is 2.86. The van der Waals surface area contributed by atoms with Gasteiger partial charge >= 0.3 is 7.87 Å². The van der Waals surface area contributed by atoms with E-state index in [9.17, 15) is 5.11 Å². The van der Waals surface area contributed by atoms with E-state index in [1.165, 1.54) is 0 Å². The van der Waals surface area contributed by atoms with Gasteiger partial charge in [-0.2, -0.15) is 0 Å². The molecule has 0 atom stereocenters. The zero-order valence-corrected chi connectivity index (χ0v) is 42.0. The minimum absolute atomic E-state index is 0.00670. The molecule has 0 bridgehead atoms. The van der Waals surface area contributed by atoms with Crippen LogP contribution in [0, 0.1) is 0 Å². The standard InChI is InChI=1S/C31H78N16OP5/c1-36(2)50(37(3)4,38(5)6)32-49(33-51(39(7)8,40(9)10)41(11)12,34-52(42(13)14,43(15)16)44(17)18)35-53(45(19)20,46(21)22)47(23)28-30-24-26-31(29-48)27-25-30/h24-27,48H,28-29H2,1-23H3/q+1. The quantitative estimate of drug-likeness (QED) is 0.159. The molecule has 17 nitrogen and oxygen atoms in total. The first-order chi connectivity index (χ1) is 24.1. The molecule has 0 saturated heterocycles. The van der Waals surface area contributed by atoms with Crippen molar-refractivity contribution in [3.05, 3.63) is 35.4 Å². The predicted molar refractivity (Wildman–Crippen MR) is 239 cm³/mol. The maximum absolute atomic E-state index is 9.76. The summed E-state index contributed by atoms with van der Waals surface area (Å²) in [5, 5.41) is 9.76. The molecule has 53 heavy (non-hydrogen) atoms. The molecule has 0 heterocycles. The van der Waals surface area contributed by atoms with E-state index in [0.717, 1.165) is 11.1 Å². The van der Waals surface area contributed by atoms with Crippen LogP contribution in [-0.2, 0) is 13.2 Å². The highest BCUT2D eigenvalue weighted by Gasteiger charge is 2.57. The van der Waals surface area contributed by atoms with Crippen LogP contribution in [0.15, 0.2) is 42.3 Å². The normalized spacial score (nSPS) is 14.3. The molecule has 0 fully saturated rings. The van der Waals surface area contributed by atoms with Crippen LogP contribution >= 0.6 is 37.9 Å². The minimum Gasteiger partial charge on any atom is -0.392 e. The lowest BCUT2D eigenvalue weighted by molar-refractivity contribution is 0.282. The first-order valence-electron chi connectivity index (χ1n) is 17.4. The summed E-state index contributed by atoms with van der Waals surface area (Å²) in [6.07, 6.45) is 0. The van der Waals surface area contributed by atoms with E-state index in [2.05, 4.69) is 230 Å². The van der Waals surface area contributed by atoms with Crippen molar-refractivity contribution in [1.29, 1.82) is 0 Å². The minimum atomic E-state index is -3.58. The fraction of sp³-hybridized carbons (Fsp3) is 0.806. The zero-order chi connectivity index (χ0) is 41.7. The van der Waals surface area contributed by atoms with Gasteiger partial charge in [-0.15, -0.1) is 0 Å². The van der Waals surface area contributed by atoms with Crippen molar-refractivity contribution in [3.8, 4) is 0 Å². The van der Waals surface area contributed by atoms with E-state index >= 15 is 0 Å². The molecular weight excluding hydrogens is 767 g/mol. The highest BCUT2D eigenvalue weighted by atomic mass is 31.3. The lowest BCUT2D eigenvalue weighted by Gasteiger charge is -2.45. The van der Waals surface area contributed by atoms with Gasteiger partial charge in [-0.05, 0) is 191 Å². The number of aliphatic hydroxyl groups is 1. The third kappa shape index (κ3) is 10.4. The molecule has 0 saturated carbocycles. The Balaban J connectivity index is 5.36. The van der Waals surface area contributed by atoms with Gasteiger partial charge in [-0.25, -0.2) is 56.0 Å². The van der Waals surface area contributed by atoms with Crippen LogP contribution in [0.1, 0.15) is 11.1 Å². The smallest absolute Gasteiger partial charge is 0.392 e. The molecule has 0 spiro atoms. The Morgan fingerprint density at radius 3 is 0.792 bits per heavy atom. The molecule has 22 heteroatoms. The van der Waals surface area contributed by atoms with E-state index in [1.807, 2.05) is 12.1 Å². The molecule has 1 N–H and O–H groups in total. The molecule has 0 aliphatic carbocycles. The van der Waals surface area contributed by atoms with Gasteiger partial charge in [-0.3, -0.25) is 0 Å². The van der Waals surface area contributed by atoms with Gasteiger partial charge in [0.15, 0.2) is 0 Å². The number of rotatable bonds is 19. The van der Waals surface area contributed by atoms with Crippen LogP contribution in [0.2, 0.25) is 0 Å². The molecular formula is C31H78N16OP5+. The summed E-state index contributed by atoms with van der Waals surface area (Å²) >= 11 is 0. The second-order valence-electron chi connectivity index (χ2n) is 15.2. The summed E-state index contributed by atoms with van der Waals surface area (Å²) < 4.78 is 51.8. The maximum atomic E-state index is 9.76. The summed E-state index contributed by atoms with van der Waals surface area (Å²) in [7, 11) is 34.0. The molecule has 1 rings (SSSR count). The van der Waals surface area contributed by atoms with E-state index < -0.39 is 37.9 Å². The third-order valence-electron chi connectivity index (χ3n) is 8.94. The van der Waals surface area contributed by atoms with E-state index in [-0.39, 0.29) is 6.61 Å². The molecule has 1 aromatic carbocycles. The maximum Gasteiger partial charge on any atom is 0.502 e. The van der Waals surface area contributed by atoms with Gasteiger partial charge in [0.05, 0.1) is 6.61 Å². The second kappa shape index (κ2) is 20.1. The first kappa shape index (κ1) is 51.1. The Morgan fingerprint density at radius 1 is 0.377 bits per heavy atom. The first-order valence-corrected chi connectivity index (χ1v) is 25.4. The Morgan fingerprint density at radius 2 is 0.585 bits per heavy atom. The summed E-state index contributed by atoms with van der Waals surface area (Å²) in [5.74, 6) is 0. The lowest BCUT2D eigenvalue weighted by atomic mass is 10.1. The van der Waals surface area contributed by atoms with Crippen molar-refractivity contribution < 1.29 is 5.11 Å². The monoisotopic (exact) mass is 846 g/mol. The molecule has 0 amide bonds. The summed E-state index contributed by atoms with van der Waals surface area (Å²) in [6, 6.07) is 8.15. The van der Waals surface area contributed by atoms with E-state index in [1.54, 1.807) is 0 Å². The van der Waals surface area contributed by atoms with Crippen LogP contribution in [0.3, 0.4) is 0 Å². The lowest BCUT2D eigenvalue weighted by Crippen LogP contribution is -2.34. The average Bonchev–Trinajstić information content (AvgIpc) is 3.02. The van der Waals surface area contributed by atoms with Gasteiger partial charge in [0.2, 0.25) is 30.0 Å². The van der Waals surface area contributed by atoms with Crippen LogP contribution in [0.4, 0.5) is 0 Å². The average molecular weight is 846 g/mol. The van der Waals surface area contributed by atoms with E-state index in [4.69, 9.17) is 18.1 Å². The Kier molecular flexibility index (Phi) is 19.4. The molecule has 0 radical (unpaired) electrons. The Bertz CT molecular complexity index is 1330. The molecule has 0 aliphatic heterocycles. The van der Waals surface area contributed by atoms with Gasteiger partial charge in [0, 0.05) is 6.54 Å². The van der Waals surface area contributed by atoms with Crippen molar-refractivity contribution in [2.24, 2.45) is 18.1 Å². The fourth-order valence-electron chi connectivity index (χ4n) is 7.00. The van der Waals surface area contributed by atoms with Crippen LogP contribution in [-0.4, -0.2) is 223 Å². The number of hydrogen-bond donors (Lipinski definition) is 1. The van der Waals surface area contributed by atoms with Gasteiger partial charge in [0.25, 0.3) is 0 Å². The van der Waals surface area contributed by atoms with Crippen molar-refractivity contribution in [2.45, 2.75) is 13.2 Å². The van der Waals surface area contributed by atoms with E-state index in [0.29, 0.717) is 6.54 Å². The van der Waals surface area contributed by atoms with Crippen molar-refractivity contribution in [3.63, 3.8) is 0 Å². The SMILES string of the molecule is CN(C)P(=N[P+](N=P(N(C)C)(N(C)C)N(C)C)(N=P(N(C)C)(N(C)C)N(C)C)N=P(N(C)C)(N(C)C)N(C)Cc1ccc(CO)cc1)(N(C)C)N(C)C. The van der Waals surface area contributed by atoms with Gasteiger partial charge in [0.1, 0.15) is 0 Å². The van der Waals surface area contributed by atoms with Gasteiger partial charge < -0.3 is 5.11 Å². The number of nitrogens with zero attached hydrogens (tertiary/aromatic N) is 16. The second-order valence-corrected chi connectivity index (χ2v) is 32.9. The van der Waals surface area contributed by atoms with Crippen molar-refractivity contribution >= 4 is 37.9 Å². The van der Waals surface area contributed by atoms with Gasteiger partial charge in [-0.1, -0.05) is 24.3 Å². The largest absolute Gasteiger partial charge is 0.502 e. The topological polar surface area (TPSA) is 109 Å². The molecule has 1 aromatic rings. The Labute approximate surface area is 326 Å². The molecule has 0 aliphatic rings. The third-order valence-corrected chi connectivity index (χ3v) is 29.5. The summed E-state index contributed by atoms with van der Waals surface area (Å²) in [6.45, 7) is 0.617. The van der Waals surface area contributed by atoms with Crippen LogP contribution in [0.5, 0.6) is 0 Å². The number of benzene rings is 1. The predicted octanol–water partition coefficient (Wildman–Crippen LogP) is 6.25. The molecule has 0 aromatic heterocycles.